The summed E-state index contributed by atoms with van der Waals surface area (Å²) >= 11 is 12.5. The van der Waals surface area contributed by atoms with E-state index >= 15 is 4.39 Å². The van der Waals surface area contributed by atoms with Gasteiger partial charge in [0.15, 0.2) is 0 Å². The van der Waals surface area contributed by atoms with Crippen molar-refractivity contribution in [3.05, 3.63) is 63.4 Å². The zero-order valence-electron chi connectivity index (χ0n) is 23.2. The van der Waals surface area contributed by atoms with Gasteiger partial charge in [0.2, 0.25) is 11.8 Å². The minimum absolute atomic E-state index is 0.0998. The molecule has 11 heteroatoms. The first-order valence-electron chi connectivity index (χ1n) is 13.9. The van der Waals surface area contributed by atoms with Gasteiger partial charge in [-0.25, -0.2) is 13.2 Å². The maximum atomic E-state index is 15.9. The van der Waals surface area contributed by atoms with E-state index in [2.05, 4.69) is 16.0 Å². The molecule has 0 bridgehead atoms. The van der Waals surface area contributed by atoms with E-state index in [0.29, 0.717) is 48.6 Å². The van der Waals surface area contributed by atoms with Crippen molar-refractivity contribution in [2.24, 2.45) is 5.41 Å². The maximum Gasteiger partial charge on any atom is 0.251 e. The lowest BCUT2D eigenvalue weighted by Gasteiger charge is -2.38. The monoisotopic (exact) mass is 610 g/mol. The fourth-order valence-electron chi connectivity index (χ4n) is 6.90. The van der Waals surface area contributed by atoms with Crippen LogP contribution in [-0.2, 0) is 15.0 Å². The van der Waals surface area contributed by atoms with E-state index in [0.717, 1.165) is 0 Å². The number of fused-ring (bicyclic) bond motifs is 2. The Kier molecular flexibility index (Phi) is 8.38. The summed E-state index contributed by atoms with van der Waals surface area (Å²) in [5.74, 6) is -2.32. The molecule has 3 aliphatic rings. The van der Waals surface area contributed by atoms with Crippen LogP contribution in [0.1, 0.15) is 57.1 Å². The van der Waals surface area contributed by atoms with E-state index in [1.807, 2.05) is 20.8 Å². The molecule has 0 aromatic heterocycles. The number of likely N-dealkylation sites (tertiary alicyclic amines) is 1. The average molecular weight is 612 g/mol. The molecule has 4 atom stereocenters. The summed E-state index contributed by atoms with van der Waals surface area (Å²) < 4.78 is 41.6. The van der Waals surface area contributed by atoms with Gasteiger partial charge in [0.25, 0.3) is 6.43 Å². The Bertz CT molecular complexity index is 1330. The number of nitrogens with one attached hydrogen (secondary N) is 3. The van der Waals surface area contributed by atoms with Gasteiger partial charge < -0.3 is 16.0 Å². The molecule has 2 aromatic carbocycles. The third-order valence-electron chi connectivity index (χ3n) is 8.55. The predicted octanol–water partition coefficient (Wildman–Crippen LogP) is 5.73. The number of halogens is 5. The molecular weight excluding hydrogens is 576 g/mol. The van der Waals surface area contributed by atoms with Gasteiger partial charge in [0.05, 0.1) is 17.6 Å². The quantitative estimate of drug-likeness (QED) is 0.391. The van der Waals surface area contributed by atoms with E-state index in [1.54, 1.807) is 35.2 Å². The van der Waals surface area contributed by atoms with Crippen LogP contribution < -0.4 is 16.0 Å². The van der Waals surface area contributed by atoms with Gasteiger partial charge in [0.1, 0.15) is 11.2 Å². The largest absolute Gasteiger partial charge is 0.352 e. The Morgan fingerprint density at radius 2 is 1.88 bits per heavy atom. The molecule has 3 N–H and O–H groups in total. The molecule has 5 rings (SSSR count). The fraction of sp³-hybridized carbons (Fsp3) is 0.533. The highest BCUT2D eigenvalue weighted by molar-refractivity contribution is 6.31. The Balaban J connectivity index is 1.58. The van der Waals surface area contributed by atoms with E-state index in [-0.39, 0.29) is 40.4 Å². The summed E-state index contributed by atoms with van der Waals surface area (Å²) in [6.45, 7) is 6.73. The van der Waals surface area contributed by atoms with Gasteiger partial charge in [-0.15, -0.1) is 0 Å². The van der Waals surface area contributed by atoms with Gasteiger partial charge in [-0.2, -0.15) is 0 Å². The Hall–Kier alpha value is -2.33. The molecule has 2 fully saturated rings. The lowest BCUT2D eigenvalue weighted by Crippen LogP contribution is -2.52. The normalized spacial score (nSPS) is 27.0. The number of alkyl halides is 2. The number of carbonyl (C=O) groups excluding carboxylic acids is 2. The van der Waals surface area contributed by atoms with Crippen LogP contribution in [0, 0.1) is 11.2 Å². The van der Waals surface area contributed by atoms with Crippen molar-refractivity contribution in [1.29, 1.82) is 0 Å². The van der Waals surface area contributed by atoms with Crippen molar-refractivity contribution >= 4 is 40.7 Å². The van der Waals surface area contributed by atoms with Gasteiger partial charge in [-0.05, 0) is 54.0 Å². The number of nitrogens with zero attached hydrogens (tertiary/aromatic N) is 1. The minimum Gasteiger partial charge on any atom is -0.352 e. The lowest BCUT2D eigenvalue weighted by molar-refractivity contribution is -0.124. The molecule has 0 saturated carbocycles. The molecule has 1 spiro atoms. The number of benzene rings is 2. The molecule has 2 aromatic rings. The van der Waals surface area contributed by atoms with Crippen molar-refractivity contribution in [1.82, 2.24) is 15.5 Å². The topological polar surface area (TPSA) is 73.5 Å². The first kappa shape index (κ1) is 30.1. The van der Waals surface area contributed by atoms with Crippen molar-refractivity contribution in [2.45, 2.75) is 75.9 Å². The van der Waals surface area contributed by atoms with Crippen LogP contribution in [0.5, 0.6) is 0 Å². The minimum atomic E-state index is -2.41. The third kappa shape index (κ3) is 5.70. The standard InChI is InChI=1S/C30H35Cl2F3N4O2/c1-29(2,3)14-22-30(19-8-7-16(31)13-21(19)37-28(30)41)24(18-5-4-6-20(32)25(18)35)26(38-22)27(40)36-17-9-11-39(12-10-17)15-23(33)34/h4-8,13,17,22-24,26,38H,9-12,14-15H2,1-3H3,(H,36,40)(H,37,41)/t22-,24+,26-,30+/m1/s1. The molecule has 2 saturated heterocycles. The highest BCUT2D eigenvalue weighted by Crippen LogP contribution is 2.57. The molecule has 41 heavy (non-hydrogen) atoms. The zero-order chi connectivity index (χ0) is 29.7. The molecule has 3 aliphatic heterocycles. The first-order chi connectivity index (χ1) is 19.3. The molecule has 0 radical (unpaired) electrons. The Morgan fingerprint density at radius 1 is 1.17 bits per heavy atom. The van der Waals surface area contributed by atoms with Crippen LogP contribution >= 0.6 is 23.2 Å². The summed E-state index contributed by atoms with van der Waals surface area (Å²) in [7, 11) is 0. The number of hydrogen-bond donors (Lipinski definition) is 3. The Labute approximate surface area is 248 Å². The number of hydrogen-bond acceptors (Lipinski definition) is 4. The van der Waals surface area contributed by atoms with Gasteiger partial charge >= 0.3 is 0 Å². The molecular formula is C30H35Cl2F3N4O2. The lowest BCUT2D eigenvalue weighted by atomic mass is 9.62. The molecule has 2 amide bonds. The highest BCUT2D eigenvalue weighted by atomic mass is 35.5. The molecule has 0 unspecified atom stereocenters. The van der Waals surface area contributed by atoms with Crippen LogP contribution in [0.15, 0.2) is 36.4 Å². The number of rotatable bonds is 6. The van der Waals surface area contributed by atoms with E-state index < -0.39 is 35.7 Å². The summed E-state index contributed by atoms with van der Waals surface area (Å²) in [6, 6.07) is 8.05. The molecule has 6 nitrogen and oxygen atoms in total. The summed E-state index contributed by atoms with van der Waals surface area (Å²) in [4.78, 5) is 29.9. The number of anilines is 1. The van der Waals surface area contributed by atoms with Crippen LogP contribution in [0.3, 0.4) is 0 Å². The second kappa shape index (κ2) is 11.4. The fourth-order valence-corrected chi connectivity index (χ4v) is 7.25. The van der Waals surface area contributed by atoms with Crippen LogP contribution in [0.4, 0.5) is 18.9 Å². The van der Waals surface area contributed by atoms with E-state index in [1.165, 1.54) is 6.07 Å². The van der Waals surface area contributed by atoms with E-state index in [9.17, 15) is 18.4 Å². The second-order valence-corrected chi connectivity index (χ2v) is 13.4. The highest BCUT2D eigenvalue weighted by Gasteiger charge is 2.66. The SMILES string of the molecule is CC(C)(C)C[C@H]1N[C@@H](C(=O)NC2CCN(CC(F)F)CC2)[C@H](c2cccc(Cl)c2F)[C@@]12C(=O)Nc1cc(Cl)ccc12. The van der Waals surface area contributed by atoms with Gasteiger partial charge in [0, 0.05) is 41.8 Å². The van der Waals surface area contributed by atoms with Crippen LogP contribution in [0.2, 0.25) is 10.0 Å². The number of carbonyl (C=O) groups is 2. The van der Waals surface area contributed by atoms with Crippen molar-refractivity contribution < 1.29 is 22.8 Å². The summed E-state index contributed by atoms with van der Waals surface area (Å²) in [6.07, 6.45) is -0.875. The van der Waals surface area contributed by atoms with Crippen LogP contribution in [0.25, 0.3) is 0 Å². The van der Waals surface area contributed by atoms with E-state index in [4.69, 9.17) is 23.2 Å². The second-order valence-electron chi connectivity index (χ2n) is 12.6. The maximum absolute atomic E-state index is 15.9. The average Bonchev–Trinajstić information content (AvgIpc) is 3.35. The first-order valence-corrected chi connectivity index (χ1v) is 14.7. The van der Waals surface area contributed by atoms with Gasteiger partial charge in [-0.1, -0.05) is 62.2 Å². The smallest absolute Gasteiger partial charge is 0.251 e. The molecule has 3 heterocycles. The number of piperidine rings is 1. The van der Waals surface area contributed by atoms with Gasteiger partial charge in [-0.3, -0.25) is 14.5 Å². The molecule has 222 valence electrons. The van der Waals surface area contributed by atoms with Crippen molar-refractivity contribution in [2.75, 3.05) is 25.0 Å². The van der Waals surface area contributed by atoms with Crippen molar-refractivity contribution in [3.63, 3.8) is 0 Å². The summed E-state index contributed by atoms with van der Waals surface area (Å²) in [5, 5.41) is 9.85. The van der Waals surface area contributed by atoms with Crippen LogP contribution in [-0.4, -0.2) is 60.9 Å². The molecule has 0 aliphatic carbocycles. The predicted molar refractivity (Wildman–Crippen MR) is 154 cm³/mol. The number of amides is 2. The van der Waals surface area contributed by atoms with Crippen molar-refractivity contribution in [3.8, 4) is 0 Å². The third-order valence-corrected chi connectivity index (χ3v) is 9.08. The Morgan fingerprint density at radius 3 is 2.54 bits per heavy atom. The zero-order valence-corrected chi connectivity index (χ0v) is 24.8. The summed E-state index contributed by atoms with van der Waals surface area (Å²) in [5.41, 5.74) is -0.232.